The zero-order valence-corrected chi connectivity index (χ0v) is 35.1. The van der Waals surface area contributed by atoms with Crippen LogP contribution in [0.3, 0.4) is 0 Å². The third-order valence-corrected chi connectivity index (χ3v) is 11.2. The lowest BCUT2D eigenvalue weighted by Crippen LogP contribution is -2.62. The van der Waals surface area contributed by atoms with Crippen molar-refractivity contribution in [2.24, 2.45) is 0 Å². The van der Waals surface area contributed by atoms with Crippen molar-refractivity contribution in [3.05, 3.63) is 0 Å². The third-order valence-electron chi connectivity index (χ3n) is 11.2. The van der Waals surface area contributed by atoms with E-state index in [0.717, 1.165) is 25.7 Å². The van der Waals surface area contributed by atoms with E-state index < -0.39 is 80.7 Å². The quantitative estimate of drug-likeness (QED) is 0.0396. The monoisotopic (exact) mass is 809 g/mol. The molecule has 334 valence electrons. The maximum atomic E-state index is 10.8. The zero-order chi connectivity index (χ0) is 40.8. The molecule has 0 radical (unpaired) electrons. The fraction of sp³-hybridized carbons (Fsp3) is 1.00. The Hall–Kier alpha value is -0.520. The molecule has 2 saturated heterocycles. The minimum Gasteiger partial charge on any atom is -0.394 e. The van der Waals surface area contributed by atoms with Gasteiger partial charge in [0.15, 0.2) is 12.6 Å². The summed E-state index contributed by atoms with van der Waals surface area (Å²) >= 11 is 0. The van der Waals surface area contributed by atoms with Gasteiger partial charge in [-0.15, -0.1) is 0 Å². The van der Waals surface area contributed by atoms with Gasteiger partial charge in [0, 0.05) is 13.2 Å². The van der Waals surface area contributed by atoms with Crippen LogP contribution in [-0.2, 0) is 28.4 Å². The van der Waals surface area contributed by atoms with E-state index in [9.17, 15) is 35.7 Å². The van der Waals surface area contributed by atoms with Gasteiger partial charge in [-0.1, -0.05) is 155 Å². The van der Waals surface area contributed by atoms with Crippen LogP contribution in [0.4, 0.5) is 0 Å². The summed E-state index contributed by atoms with van der Waals surface area (Å²) in [6, 6.07) is 0. The summed E-state index contributed by atoms with van der Waals surface area (Å²) in [4.78, 5) is 0. The van der Waals surface area contributed by atoms with Gasteiger partial charge in [0.05, 0.1) is 26.4 Å². The molecule has 0 aromatic rings. The number of ether oxygens (including phenoxy) is 6. The van der Waals surface area contributed by atoms with Gasteiger partial charge < -0.3 is 64.2 Å². The second-order valence-corrected chi connectivity index (χ2v) is 16.2. The summed E-state index contributed by atoms with van der Waals surface area (Å²) in [5.41, 5.74) is 0. The van der Waals surface area contributed by atoms with E-state index in [0.29, 0.717) is 13.2 Å². The van der Waals surface area contributed by atoms with Crippen LogP contribution in [0.2, 0.25) is 0 Å². The van der Waals surface area contributed by atoms with Crippen molar-refractivity contribution in [3.63, 3.8) is 0 Å². The fourth-order valence-electron chi connectivity index (χ4n) is 7.40. The van der Waals surface area contributed by atoms with Gasteiger partial charge in [0.1, 0.15) is 54.9 Å². The molecule has 0 aliphatic carbocycles. The Labute approximate surface area is 338 Å². The molecular formula is C43H84O13. The van der Waals surface area contributed by atoms with Gasteiger partial charge in [0.25, 0.3) is 0 Å². The SMILES string of the molecule is CCCCCCCCCCCCCCOCC(COCCCCCCCCCCCCCC)O[C@@H]1O[C@H](CO[C@H]2O[C@H](CO)[C@H](O)[C@H](O)[C@H]2O)[C@@H](O)[C@H](O)[C@H]1O. The van der Waals surface area contributed by atoms with Crippen molar-refractivity contribution in [2.75, 3.05) is 39.6 Å². The van der Waals surface area contributed by atoms with Crippen LogP contribution in [0.1, 0.15) is 168 Å². The minimum atomic E-state index is -1.65. The average molecular weight is 809 g/mol. The van der Waals surface area contributed by atoms with Crippen molar-refractivity contribution in [1.82, 2.24) is 0 Å². The van der Waals surface area contributed by atoms with Crippen LogP contribution >= 0.6 is 0 Å². The van der Waals surface area contributed by atoms with Gasteiger partial charge in [-0.2, -0.15) is 0 Å². The first-order valence-electron chi connectivity index (χ1n) is 22.7. The molecule has 2 heterocycles. The molecule has 10 atom stereocenters. The standard InChI is InChI=1S/C43H84O13/c1-3-5-7-9-11-13-15-17-19-21-23-25-27-51-30-33(31-52-28-26-24-22-20-18-16-14-12-10-8-6-4-2)54-43-41(50)39(48)37(46)35(56-43)32-53-42-40(49)38(47)36(45)34(29-44)55-42/h33-50H,3-32H2,1-2H3/t34-,35-,36+,37-,38+,39+,40-,41-,42+,43-/m1/s1. The largest absolute Gasteiger partial charge is 0.394 e. The normalized spacial score (nSPS) is 28.4. The third kappa shape index (κ3) is 21.7. The molecule has 0 aromatic heterocycles. The molecule has 0 amide bonds. The Balaban J connectivity index is 1.79. The molecule has 0 bridgehead atoms. The Morgan fingerprint density at radius 1 is 0.429 bits per heavy atom. The van der Waals surface area contributed by atoms with Crippen molar-refractivity contribution in [2.45, 2.75) is 235 Å². The summed E-state index contributed by atoms with van der Waals surface area (Å²) in [5, 5.41) is 72.2. The maximum absolute atomic E-state index is 10.8. The predicted octanol–water partition coefficient (Wildman–Crippen LogP) is 5.43. The highest BCUT2D eigenvalue weighted by molar-refractivity contribution is 4.92. The molecular weight excluding hydrogens is 724 g/mol. The lowest BCUT2D eigenvalue weighted by molar-refractivity contribution is -0.338. The van der Waals surface area contributed by atoms with Gasteiger partial charge in [-0.3, -0.25) is 0 Å². The molecule has 0 spiro atoms. The molecule has 0 aromatic carbocycles. The summed E-state index contributed by atoms with van der Waals surface area (Å²) in [6.07, 6.45) is 14.6. The first kappa shape index (κ1) is 51.6. The molecule has 0 saturated carbocycles. The summed E-state index contributed by atoms with van der Waals surface area (Å²) < 4.78 is 34.9. The number of aliphatic hydroxyl groups excluding tert-OH is 7. The van der Waals surface area contributed by atoms with E-state index in [1.165, 1.54) is 128 Å². The second kappa shape index (κ2) is 33.2. The Kier molecular flexibility index (Phi) is 30.6. The summed E-state index contributed by atoms with van der Waals surface area (Å²) in [7, 11) is 0. The number of unbranched alkanes of at least 4 members (excludes halogenated alkanes) is 22. The first-order chi connectivity index (χ1) is 27.2. The molecule has 2 fully saturated rings. The van der Waals surface area contributed by atoms with Gasteiger partial charge in [-0.05, 0) is 12.8 Å². The number of aliphatic hydroxyl groups is 7. The highest BCUT2D eigenvalue weighted by Crippen LogP contribution is 2.27. The van der Waals surface area contributed by atoms with Crippen LogP contribution < -0.4 is 0 Å². The fourth-order valence-corrected chi connectivity index (χ4v) is 7.40. The van der Waals surface area contributed by atoms with E-state index in [4.69, 9.17) is 28.4 Å². The number of hydrogen-bond acceptors (Lipinski definition) is 13. The molecule has 7 N–H and O–H groups in total. The smallest absolute Gasteiger partial charge is 0.187 e. The van der Waals surface area contributed by atoms with E-state index in [1.807, 2.05) is 0 Å². The Morgan fingerprint density at radius 3 is 1.20 bits per heavy atom. The highest BCUT2D eigenvalue weighted by atomic mass is 16.7. The van der Waals surface area contributed by atoms with E-state index in [2.05, 4.69) is 13.8 Å². The molecule has 56 heavy (non-hydrogen) atoms. The summed E-state index contributed by atoms with van der Waals surface area (Å²) in [6.45, 7) is 4.93. The van der Waals surface area contributed by atoms with Crippen LogP contribution in [0.15, 0.2) is 0 Å². The Morgan fingerprint density at radius 2 is 0.786 bits per heavy atom. The second-order valence-electron chi connectivity index (χ2n) is 16.2. The topological polar surface area (TPSA) is 197 Å². The van der Waals surface area contributed by atoms with Crippen LogP contribution in [0.5, 0.6) is 0 Å². The number of rotatable bonds is 36. The zero-order valence-electron chi connectivity index (χ0n) is 35.1. The van der Waals surface area contributed by atoms with E-state index in [-0.39, 0.29) is 13.2 Å². The van der Waals surface area contributed by atoms with E-state index in [1.54, 1.807) is 0 Å². The lowest BCUT2D eigenvalue weighted by Gasteiger charge is -2.43. The van der Waals surface area contributed by atoms with Crippen LogP contribution in [-0.4, -0.2) is 143 Å². The van der Waals surface area contributed by atoms with Gasteiger partial charge in [-0.25, -0.2) is 0 Å². The molecule has 2 rings (SSSR count). The van der Waals surface area contributed by atoms with Crippen molar-refractivity contribution < 1.29 is 64.2 Å². The lowest BCUT2D eigenvalue weighted by atomic mass is 9.98. The minimum absolute atomic E-state index is 0.188. The predicted molar refractivity (Wildman–Crippen MR) is 215 cm³/mol. The Bertz CT molecular complexity index is 853. The van der Waals surface area contributed by atoms with Crippen LogP contribution in [0.25, 0.3) is 0 Å². The summed E-state index contributed by atoms with van der Waals surface area (Å²) in [5.74, 6) is 0. The highest BCUT2D eigenvalue weighted by Gasteiger charge is 2.48. The number of hydrogen-bond donors (Lipinski definition) is 7. The van der Waals surface area contributed by atoms with Crippen molar-refractivity contribution in [3.8, 4) is 0 Å². The van der Waals surface area contributed by atoms with E-state index >= 15 is 0 Å². The van der Waals surface area contributed by atoms with Gasteiger partial charge >= 0.3 is 0 Å². The van der Waals surface area contributed by atoms with Crippen molar-refractivity contribution in [1.29, 1.82) is 0 Å². The molecule has 0 unspecified atom stereocenters. The van der Waals surface area contributed by atoms with Crippen molar-refractivity contribution >= 4 is 0 Å². The first-order valence-corrected chi connectivity index (χ1v) is 22.7. The molecule has 2 aliphatic rings. The maximum Gasteiger partial charge on any atom is 0.187 e. The van der Waals surface area contributed by atoms with Gasteiger partial charge in [0.2, 0.25) is 0 Å². The molecule has 13 nitrogen and oxygen atoms in total. The van der Waals surface area contributed by atoms with Crippen LogP contribution in [0, 0.1) is 0 Å². The average Bonchev–Trinajstić information content (AvgIpc) is 3.20. The molecule has 2 aliphatic heterocycles. The molecule has 13 heteroatoms.